The summed E-state index contributed by atoms with van der Waals surface area (Å²) in [5.41, 5.74) is 0.676. The first-order chi connectivity index (χ1) is 7.20. The van der Waals surface area contributed by atoms with Gasteiger partial charge in [-0.3, -0.25) is 4.79 Å². The Morgan fingerprint density at radius 3 is 2.60 bits per heavy atom. The largest absolute Gasteiger partial charge is 0.289 e. The Labute approximate surface area is 96.5 Å². The van der Waals surface area contributed by atoms with E-state index in [0.29, 0.717) is 5.56 Å². The summed E-state index contributed by atoms with van der Waals surface area (Å²) in [6, 6.07) is 11.6. The maximum Gasteiger partial charge on any atom is 0.185 e. The van der Waals surface area contributed by atoms with Crippen molar-refractivity contribution in [2.24, 2.45) is 0 Å². The number of rotatable bonds is 2. The molecule has 0 unspecified atom stereocenters. The number of benzene rings is 2. The second-order valence-electron chi connectivity index (χ2n) is 3.27. The average Bonchev–Trinajstić information content (AvgIpc) is 2.27. The van der Waals surface area contributed by atoms with Crippen LogP contribution in [0.1, 0.15) is 10.4 Å². The molecular formula is C13H9BrO. The van der Waals surface area contributed by atoms with Crippen molar-refractivity contribution < 1.29 is 4.79 Å². The van der Waals surface area contributed by atoms with Crippen molar-refractivity contribution in [2.45, 2.75) is 0 Å². The highest BCUT2D eigenvalue weighted by Crippen LogP contribution is 2.21. The molecule has 0 spiro atoms. The molecule has 2 rings (SSSR count). The number of hydrogen-bond donors (Lipinski definition) is 0. The van der Waals surface area contributed by atoms with E-state index in [1.54, 1.807) is 0 Å². The van der Waals surface area contributed by atoms with E-state index in [9.17, 15) is 4.79 Å². The molecule has 0 radical (unpaired) electrons. The number of hydrogen-bond acceptors (Lipinski definition) is 1. The lowest BCUT2D eigenvalue weighted by Gasteiger charge is -2.01. The van der Waals surface area contributed by atoms with Gasteiger partial charge < -0.3 is 0 Å². The Kier molecular flexibility index (Phi) is 2.69. The second kappa shape index (κ2) is 3.99. The molecule has 2 aromatic rings. The van der Waals surface area contributed by atoms with Crippen LogP contribution in [0.15, 0.2) is 53.5 Å². The Bertz CT molecular complexity index is 543. The van der Waals surface area contributed by atoms with Crippen molar-refractivity contribution in [3.63, 3.8) is 0 Å². The molecule has 0 amide bonds. The molecule has 0 fully saturated rings. The van der Waals surface area contributed by atoms with Crippen LogP contribution in [0.4, 0.5) is 0 Å². The van der Waals surface area contributed by atoms with E-state index in [4.69, 9.17) is 0 Å². The molecule has 2 aromatic carbocycles. The lowest BCUT2D eigenvalue weighted by Crippen LogP contribution is -1.92. The van der Waals surface area contributed by atoms with Crippen LogP contribution in [0.3, 0.4) is 0 Å². The van der Waals surface area contributed by atoms with Crippen molar-refractivity contribution in [2.75, 3.05) is 0 Å². The van der Waals surface area contributed by atoms with E-state index in [1.165, 1.54) is 6.08 Å². The lowest BCUT2D eigenvalue weighted by atomic mass is 10.0. The van der Waals surface area contributed by atoms with Gasteiger partial charge in [0, 0.05) is 10.0 Å². The summed E-state index contributed by atoms with van der Waals surface area (Å²) in [4.78, 5) is 11.4. The molecule has 0 aliphatic rings. The maximum atomic E-state index is 11.4. The first kappa shape index (κ1) is 10.1. The van der Waals surface area contributed by atoms with Crippen LogP contribution in [-0.2, 0) is 0 Å². The summed E-state index contributed by atoms with van der Waals surface area (Å²) in [6.45, 7) is 3.48. The minimum atomic E-state index is -0.0446. The van der Waals surface area contributed by atoms with Gasteiger partial charge in [0.1, 0.15) is 0 Å². The molecular weight excluding hydrogens is 252 g/mol. The van der Waals surface area contributed by atoms with Gasteiger partial charge in [0.2, 0.25) is 0 Å². The van der Waals surface area contributed by atoms with Crippen LogP contribution in [-0.4, -0.2) is 5.78 Å². The van der Waals surface area contributed by atoms with Gasteiger partial charge in [-0.1, -0.05) is 40.7 Å². The van der Waals surface area contributed by atoms with Crippen molar-refractivity contribution in [1.29, 1.82) is 0 Å². The summed E-state index contributed by atoms with van der Waals surface area (Å²) in [5.74, 6) is -0.0446. The highest BCUT2D eigenvalue weighted by molar-refractivity contribution is 9.10. The van der Waals surface area contributed by atoms with Gasteiger partial charge in [0.05, 0.1) is 0 Å². The topological polar surface area (TPSA) is 17.1 Å². The lowest BCUT2D eigenvalue weighted by molar-refractivity contribution is 0.104. The minimum Gasteiger partial charge on any atom is -0.289 e. The van der Waals surface area contributed by atoms with Crippen LogP contribution in [0, 0.1) is 0 Å². The quantitative estimate of drug-likeness (QED) is 0.590. The van der Waals surface area contributed by atoms with Crippen molar-refractivity contribution in [3.05, 3.63) is 59.1 Å². The summed E-state index contributed by atoms with van der Waals surface area (Å²) in [6.07, 6.45) is 1.33. The van der Waals surface area contributed by atoms with Gasteiger partial charge >= 0.3 is 0 Å². The summed E-state index contributed by atoms with van der Waals surface area (Å²) < 4.78 is 1.01. The minimum absolute atomic E-state index is 0.0446. The van der Waals surface area contributed by atoms with Crippen LogP contribution in [0.5, 0.6) is 0 Å². The SMILES string of the molecule is C=CC(=O)c1ccc2ccc(Br)cc2c1. The van der Waals surface area contributed by atoms with Gasteiger partial charge in [-0.2, -0.15) is 0 Å². The molecule has 1 nitrogen and oxygen atoms in total. The molecule has 0 atom stereocenters. The number of fused-ring (bicyclic) bond motifs is 1. The number of ketones is 1. The average molecular weight is 261 g/mol. The van der Waals surface area contributed by atoms with Gasteiger partial charge in [0.25, 0.3) is 0 Å². The van der Waals surface area contributed by atoms with Gasteiger partial charge in [-0.15, -0.1) is 0 Å². The molecule has 15 heavy (non-hydrogen) atoms. The maximum absolute atomic E-state index is 11.4. The van der Waals surface area contributed by atoms with Crippen molar-refractivity contribution in [3.8, 4) is 0 Å². The molecule has 0 aliphatic carbocycles. The van der Waals surface area contributed by atoms with Crippen molar-refractivity contribution in [1.82, 2.24) is 0 Å². The molecule has 0 heterocycles. The fourth-order valence-electron chi connectivity index (χ4n) is 1.49. The Morgan fingerprint density at radius 1 is 1.13 bits per heavy atom. The second-order valence-corrected chi connectivity index (χ2v) is 4.19. The Hall–Kier alpha value is -1.41. The zero-order valence-electron chi connectivity index (χ0n) is 8.03. The molecule has 0 saturated heterocycles. The predicted octanol–water partition coefficient (Wildman–Crippen LogP) is 3.97. The first-order valence-corrected chi connectivity index (χ1v) is 5.36. The monoisotopic (exact) mass is 260 g/mol. The number of halogens is 1. The fraction of sp³-hybridized carbons (Fsp3) is 0. The number of allylic oxidation sites excluding steroid dienone is 1. The van der Waals surface area contributed by atoms with Gasteiger partial charge in [-0.05, 0) is 35.0 Å². The van der Waals surface area contributed by atoms with Gasteiger partial charge in [0.15, 0.2) is 5.78 Å². The predicted molar refractivity (Wildman–Crippen MR) is 66.2 cm³/mol. The van der Waals surface area contributed by atoms with E-state index in [0.717, 1.165) is 15.2 Å². The Balaban J connectivity index is 2.64. The summed E-state index contributed by atoms with van der Waals surface area (Å²) in [5, 5.41) is 2.18. The third-order valence-electron chi connectivity index (χ3n) is 2.27. The third kappa shape index (κ3) is 2.00. The van der Waals surface area contributed by atoms with E-state index >= 15 is 0 Å². The molecule has 0 aliphatic heterocycles. The van der Waals surface area contributed by atoms with Crippen LogP contribution in [0.25, 0.3) is 10.8 Å². The summed E-state index contributed by atoms with van der Waals surface area (Å²) >= 11 is 3.41. The Morgan fingerprint density at radius 2 is 1.87 bits per heavy atom. The van der Waals surface area contributed by atoms with E-state index in [2.05, 4.69) is 22.5 Å². The molecule has 0 bridgehead atoms. The normalized spacial score (nSPS) is 10.2. The van der Waals surface area contributed by atoms with Gasteiger partial charge in [-0.25, -0.2) is 0 Å². The molecule has 0 saturated carbocycles. The van der Waals surface area contributed by atoms with Crippen LogP contribution >= 0.6 is 15.9 Å². The van der Waals surface area contributed by atoms with E-state index in [-0.39, 0.29) is 5.78 Å². The zero-order valence-corrected chi connectivity index (χ0v) is 9.62. The zero-order chi connectivity index (χ0) is 10.8. The molecule has 74 valence electrons. The van der Waals surface area contributed by atoms with Crippen molar-refractivity contribution >= 4 is 32.5 Å². The standard InChI is InChI=1S/C13H9BrO/c1-2-13(15)10-4-3-9-5-6-12(14)8-11(9)7-10/h2-8H,1H2. The molecule has 2 heteroatoms. The van der Waals surface area contributed by atoms with E-state index < -0.39 is 0 Å². The summed E-state index contributed by atoms with van der Waals surface area (Å²) in [7, 11) is 0. The molecule has 0 N–H and O–H groups in total. The molecule has 0 aromatic heterocycles. The highest BCUT2D eigenvalue weighted by Gasteiger charge is 2.02. The number of carbonyl (C=O) groups excluding carboxylic acids is 1. The number of carbonyl (C=O) groups is 1. The third-order valence-corrected chi connectivity index (χ3v) is 2.77. The van der Waals surface area contributed by atoms with Crippen LogP contribution < -0.4 is 0 Å². The smallest absolute Gasteiger partial charge is 0.185 e. The fourth-order valence-corrected chi connectivity index (χ4v) is 1.87. The van der Waals surface area contributed by atoms with Crippen LogP contribution in [0.2, 0.25) is 0 Å². The van der Waals surface area contributed by atoms with E-state index in [1.807, 2.05) is 36.4 Å². The first-order valence-electron chi connectivity index (χ1n) is 4.57. The highest BCUT2D eigenvalue weighted by atomic mass is 79.9.